The van der Waals surface area contributed by atoms with Crippen LogP contribution in [0.4, 0.5) is 5.82 Å². The van der Waals surface area contributed by atoms with Crippen LogP contribution in [0.15, 0.2) is 11.1 Å². The molecule has 2 atom stereocenters. The normalized spacial score (nSPS) is 27.1. The summed E-state index contributed by atoms with van der Waals surface area (Å²) in [5, 5.41) is 3.61. The minimum atomic E-state index is -0.218. The van der Waals surface area contributed by atoms with Gasteiger partial charge in [0.25, 0.3) is 5.56 Å². The van der Waals surface area contributed by atoms with E-state index in [4.69, 9.17) is 4.74 Å². The lowest BCUT2D eigenvalue weighted by molar-refractivity contribution is 0.404. The van der Waals surface area contributed by atoms with E-state index < -0.39 is 0 Å². The Kier molecular flexibility index (Phi) is 2.95. The minimum absolute atomic E-state index is 0.218. The minimum Gasteiger partial charge on any atom is -0.489 e. The van der Waals surface area contributed by atoms with Gasteiger partial charge in [0.05, 0.1) is 13.4 Å². The number of hydrogen-bond donors (Lipinski definition) is 2. The van der Waals surface area contributed by atoms with Crippen molar-refractivity contribution < 1.29 is 4.74 Å². The van der Waals surface area contributed by atoms with E-state index in [-0.39, 0.29) is 5.56 Å². The Morgan fingerprint density at radius 3 is 3.06 bits per heavy atom. The SMILES string of the molecule is COc1c(N2CCC3CCC(C2)N3)nc[nH]c1=O. The lowest BCUT2D eigenvalue weighted by atomic mass is 10.1. The summed E-state index contributed by atoms with van der Waals surface area (Å²) in [6.45, 7) is 1.81. The second kappa shape index (κ2) is 4.61. The molecule has 2 aliphatic rings. The highest BCUT2D eigenvalue weighted by atomic mass is 16.5. The van der Waals surface area contributed by atoms with Crippen molar-refractivity contribution in [3.63, 3.8) is 0 Å². The maximum Gasteiger partial charge on any atom is 0.295 e. The van der Waals surface area contributed by atoms with Gasteiger partial charge in [0.15, 0.2) is 5.82 Å². The third kappa shape index (κ3) is 1.96. The molecule has 1 aromatic heterocycles. The Morgan fingerprint density at radius 1 is 1.39 bits per heavy atom. The van der Waals surface area contributed by atoms with E-state index >= 15 is 0 Å². The lowest BCUT2D eigenvalue weighted by Gasteiger charge is -2.25. The quantitative estimate of drug-likeness (QED) is 0.779. The summed E-state index contributed by atoms with van der Waals surface area (Å²) in [4.78, 5) is 20.7. The molecule has 0 radical (unpaired) electrons. The topological polar surface area (TPSA) is 70.2 Å². The number of nitrogens with one attached hydrogen (secondary N) is 2. The van der Waals surface area contributed by atoms with Crippen LogP contribution in [0.25, 0.3) is 0 Å². The molecule has 2 N–H and O–H groups in total. The Hall–Kier alpha value is -1.56. The molecule has 3 rings (SSSR count). The highest BCUT2D eigenvalue weighted by molar-refractivity contribution is 5.51. The van der Waals surface area contributed by atoms with Gasteiger partial charge in [-0.15, -0.1) is 0 Å². The Balaban J connectivity index is 1.90. The fourth-order valence-electron chi connectivity index (χ4n) is 2.92. The molecular weight excluding hydrogens is 232 g/mol. The monoisotopic (exact) mass is 250 g/mol. The first kappa shape index (κ1) is 11.5. The molecule has 2 fully saturated rings. The molecule has 18 heavy (non-hydrogen) atoms. The van der Waals surface area contributed by atoms with Crippen LogP contribution >= 0.6 is 0 Å². The fourth-order valence-corrected chi connectivity index (χ4v) is 2.92. The summed E-state index contributed by atoms with van der Waals surface area (Å²) in [5.74, 6) is 0.978. The van der Waals surface area contributed by atoms with E-state index in [0.29, 0.717) is 23.7 Å². The molecule has 0 aliphatic carbocycles. The molecule has 6 heteroatoms. The molecule has 2 bridgehead atoms. The second-order valence-corrected chi connectivity index (χ2v) is 4.96. The van der Waals surface area contributed by atoms with Gasteiger partial charge in [-0.2, -0.15) is 0 Å². The van der Waals surface area contributed by atoms with Crippen LogP contribution in [0.3, 0.4) is 0 Å². The van der Waals surface area contributed by atoms with Crippen LogP contribution in [-0.2, 0) is 0 Å². The fraction of sp³-hybridized carbons (Fsp3) is 0.667. The predicted molar refractivity (Wildman–Crippen MR) is 68.2 cm³/mol. The largest absolute Gasteiger partial charge is 0.489 e. The van der Waals surface area contributed by atoms with E-state index in [1.807, 2.05) is 0 Å². The molecule has 0 amide bonds. The number of ether oxygens (including phenoxy) is 1. The van der Waals surface area contributed by atoms with Crippen molar-refractivity contribution in [2.75, 3.05) is 25.1 Å². The molecule has 0 aromatic carbocycles. The number of aromatic amines is 1. The molecule has 2 saturated heterocycles. The number of rotatable bonds is 2. The first-order valence-electron chi connectivity index (χ1n) is 6.40. The van der Waals surface area contributed by atoms with Gasteiger partial charge in [0.1, 0.15) is 0 Å². The van der Waals surface area contributed by atoms with Crippen molar-refractivity contribution in [2.24, 2.45) is 0 Å². The zero-order chi connectivity index (χ0) is 12.5. The number of aromatic nitrogens is 2. The first-order chi connectivity index (χ1) is 8.78. The van der Waals surface area contributed by atoms with Crippen LogP contribution in [0.1, 0.15) is 19.3 Å². The average molecular weight is 250 g/mol. The molecule has 2 aliphatic heterocycles. The lowest BCUT2D eigenvalue weighted by Crippen LogP contribution is -2.36. The smallest absolute Gasteiger partial charge is 0.295 e. The van der Waals surface area contributed by atoms with Crippen molar-refractivity contribution in [2.45, 2.75) is 31.3 Å². The maximum atomic E-state index is 11.7. The molecule has 1 aromatic rings. The molecule has 0 saturated carbocycles. The van der Waals surface area contributed by atoms with Crippen LogP contribution in [0, 0.1) is 0 Å². The highest BCUT2D eigenvalue weighted by Gasteiger charge is 2.31. The number of anilines is 1. The summed E-state index contributed by atoms with van der Waals surface area (Å²) >= 11 is 0. The van der Waals surface area contributed by atoms with E-state index in [2.05, 4.69) is 20.2 Å². The van der Waals surface area contributed by atoms with Crippen molar-refractivity contribution in [1.82, 2.24) is 15.3 Å². The van der Waals surface area contributed by atoms with E-state index in [0.717, 1.165) is 19.5 Å². The number of fused-ring (bicyclic) bond motifs is 2. The zero-order valence-corrected chi connectivity index (χ0v) is 10.5. The van der Waals surface area contributed by atoms with Crippen molar-refractivity contribution in [3.05, 3.63) is 16.7 Å². The summed E-state index contributed by atoms with van der Waals surface area (Å²) in [6.07, 6.45) is 5.00. The van der Waals surface area contributed by atoms with Crippen LogP contribution < -0.4 is 20.5 Å². The third-order valence-electron chi connectivity index (χ3n) is 3.82. The van der Waals surface area contributed by atoms with Gasteiger partial charge < -0.3 is 19.9 Å². The van der Waals surface area contributed by atoms with Gasteiger partial charge in [0.2, 0.25) is 5.75 Å². The van der Waals surface area contributed by atoms with Crippen molar-refractivity contribution in [3.8, 4) is 5.75 Å². The third-order valence-corrected chi connectivity index (χ3v) is 3.82. The predicted octanol–water partition coefficient (Wildman–Crippen LogP) is 0.109. The molecule has 6 nitrogen and oxygen atoms in total. The number of hydrogen-bond acceptors (Lipinski definition) is 5. The van der Waals surface area contributed by atoms with E-state index in [9.17, 15) is 4.79 Å². The molecular formula is C12H18N4O2. The molecule has 2 unspecified atom stereocenters. The van der Waals surface area contributed by atoms with Crippen molar-refractivity contribution in [1.29, 1.82) is 0 Å². The Morgan fingerprint density at radius 2 is 2.22 bits per heavy atom. The summed E-state index contributed by atoms with van der Waals surface area (Å²) < 4.78 is 5.18. The van der Waals surface area contributed by atoms with Crippen LogP contribution in [0.5, 0.6) is 5.75 Å². The van der Waals surface area contributed by atoms with E-state index in [1.165, 1.54) is 26.3 Å². The summed E-state index contributed by atoms with van der Waals surface area (Å²) in [7, 11) is 1.51. The molecule has 98 valence electrons. The van der Waals surface area contributed by atoms with Crippen LogP contribution in [-0.4, -0.2) is 42.3 Å². The second-order valence-electron chi connectivity index (χ2n) is 4.96. The average Bonchev–Trinajstić information content (AvgIpc) is 2.69. The summed E-state index contributed by atoms with van der Waals surface area (Å²) in [6, 6.07) is 1.12. The zero-order valence-electron chi connectivity index (χ0n) is 10.5. The number of H-pyrrole nitrogens is 1. The maximum absolute atomic E-state index is 11.7. The van der Waals surface area contributed by atoms with Crippen LogP contribution in [0.2, 0.25) is 0 Å². The highest BCUT2D eigenvalue weighted by Crippen LogP contribution is 2.26. The van der Waals surface area contributed by atoms with Gasteiger partial charge in [-0.1, -0.05) is 0 Å². The Bertz CT molecular complexity index is 487. The van der Waals surface area contributed by atoms with Gasteiger partial charge in [0, 0.05) is 25.2 Å². The Labute approximate surface area is 105 Å². The first-order valence-corrected chi connectivity index (χ1v) is 6.40. The van der Waals surface area contributed by atoms with Gasteiger partial charge in [-0.05, 0) is 19.3 Å². The summed E-state index contributed by atoms with van der Waals surface area (Å²) in [5.41, 5.74) is -0.218. The van der Waals surface area contributed by atoms with E-state index in [1.54, 1.807) is 0 Å². The van der Waals surface area contributed by atoms with Gasteiger partial charge in [-0.25, -0.2) is 4.98 Å². The number of methoxy groups -OCH3 is 1. The molecule has 0 spiro atoms. The van der Waals surface area contributed by atoms with Gasteiger partial charge in [-0.3, -0.25) is 4.79 Å². The van der Waals surface area contributed by atoms with Gasteiger partial charge >= 0.3 is 0 Å². The van der Waals surface area contributed by atoms with Crippen molar-refractivity contribution >= 4 is 5.82 Å². The standard InChI is InChI=1S/C12H18N4O2/c1-18-10-11(13-7-14-12(10)17)16-5-4-8-2-3-9(6-16)15-8/h7-9,15H,2-6H2,1H3,(H,13,14,17). The number of nitrogens with zero attached hydrogens (tertiary/aromatic N) is 2. The molecule has 3 heterocycles.